The number of benzene rings is 3. The lowest BCUT2D eigenvalue weighted by atomic mass is 10.1. The summed E-state index contributed by atoms with van der Waals surface area (Å²) < 4.78 is 29.0. The summed E-state index contributed by atoms with van der Waals surface area (Å²) in [6, 6.07) is 20.5. The van der Waals surface area contributed by atoms with Gasteiger partial charge in [0, 0.05) is 16.8 Å². The van der Waals surface area contributed by atoms with Gasteiger partial charge in [-0.15, -0.1) is 0 Å². The number of imidazole rings is 1. The van der Waals surface area contributed by atoms with Crippen molar-refractivity contribution in [1.82, 2.24) is 9.97 Å². The zero-order chi connectivity index (χ0) is 19.5. The van der Waals surface area contributed by atoms with Gasteiger partial charge in [-0.2, -0.15) is 8.78 Å². The lowest BCUT2D eigenvalue weighted by Gasteiger charge is -2.09. The molecule has 0 aliphatic rings. The standard InChI is InChI=1S/C21H15F2N3O2/c22-21(23)28-16-8-4-6-14(12-16)20(27)24-15-7-3-5-13(11-15)19-25-17-9-1-2-10-18(17)26-19/h1-12,21H,(H,24,27)(H,25,26). The molecule has 0 atom stereocenters. The van der Waals surface area contributed by atoms with Gasteiger partial charge in [0.05, 0.1) is 11.0 Å². The molecule has 1 amide bonds. The summed E-state index contributed by atoms with van der Waals surface area (Å²) in [5.74, 6) is 0.185. The van der Waals surface area contributed by atoms with E-state index in [1.165, 1.54) is 24.3 Å². The number of nitrogens with one attached hydrogen (secondary N) is 2. The molecule has 1 heterocycles. The van der Waals surface area contributed by atoms with Crippen LogP contribution in [0.5, 0.6) is 5.75 Å². The molecule has 28 heavy (non-hydrogen) atoms. The van der Waals surface area contributed by atoms with E-state index in [1.54, 1.807) is 18.2 Å². The smallest absolute Gasteiger partial charge is 0.387 e. The molecule has 0 saturated carbocycles. The number of carbonyl (C=O) groups excluding carboxylic acids is 1. The topological polar surface area (TPSA) is 67.0 Å². The third kappa shape index (κ3) is 3.83. The first kappa shape index (κ1) is 17.7. The van der Waals surface area contributed by atoms with Gasteiger partial charge >= 0.3 is 6.61 Å². The molecule has 0 fully saturated rings. The number of rotatable bonds is 5. The molecular formula is C21H15F2N3O2. The van der Waals surface area contributed by atoms with Gasteiger partial charge in [0.25, 0.3) is 5.91 Å². The quantitative estimate of drug-likeness (QED) is 0.508. The zero-order valence-corrected chi connectivity index (χ0v) is 14.5. The van der Waals surface area contributed by atoms with Gasteiger partial charge in [0.1, 0.15) is 11.6 Å². The summed E-state index contributed by atoms with van der Waals surface area (Å²) in [6.07, 6.45) is 0. The number of H-pyrrole nitrogens is 1. The van der Waals surface area contributed by atoms with Crippen molar-refractivity contribution in [2.75, 3.05) is 5.32 Å². The second kappa shape index (κ2) is 7.48. The Kier molecular flexibility index (Phi) is 4.72. The Labute approximate surface area is 159 Å². The van der Waals surface area contributed by atoms with Gasteiger partial charge in [-0.25, -0.2) is 4.98 Å². The number of anilines is 1. The van der Waals surface area contributed by atoms with Crippen LogP contribution in [-0.4, -0.2) is 22.5 Å². The minimum Gasteiger partial charge on any atom is -0.435 e. The lowest BCUT2D eigenvalue weighted by Crippen LogP contribution is -2.12. The van der Waals surface area contributed by atoms with Crippen LogP contribution in [0.15, 0.2) is 72.8 Å². The van der Waals surface area contributed by atoms with Crippen LogP contribution in [-0.2, 0) is 0 Å². The molecule has 0 bridgehead atoms. The zero-order valence-electron chi connectivity index (χ0n) is 14.5. The van der Waals surface area contributed by atoms with E-state index in [-0.39, 0.29) is 11.3 Å². The van der Waals surface area contributed by atoms with E-state index in [0.717, 1.165) is 16.6 Å². The van der Waals surface area contributed by atoms with Crippen molar-refractivity contribution in [3.8, 4) is 17.1 Å². The van der Waals surface area contributed by atoms with Gasteiger partial charge in [0.15, 0.2) is 0 Å². The number of hydrogen-bond donors (Lipinski definition) is 2. The Morgan fingerprint density at radius 1 is 1.00 bits per heavy atom. The Balaban J connectivity index is 1.55. The highest BCUT2D eigenvalue weighted by atomic mass is 19.3. The van der Waals surface area contributed by atoms with Crippen LogP contribution in [0.25, 0.3) is 22.4 Å². The second-order valence-corrected chi connectivity index (χ2v) is 6.04. The number of aromatic amines is 1. The third-order valence-corrected chi connectivity index (χ3v) is 4.10. The van der Waals surface area contributed by atoms with E-state index in [1.807, 2.05) is 30.3 Å². The Bertz CT molecular complexity index is 1110. The van der Waals surface area contributed by atoms with Crippen molar-refractivity contribution in [2.45, 2.75) is 6.61 Å². The van der Waals surface area contributed by atoms with Crippen LogP contribution in [0.1, 0.15) is 10.4 Å². The fourth-order valence-corrected chi connectivity index (χ4v) is 2.85. The largest absolute Gasteiger partial charge is 0.435 e. The summed E-state index contributed by atoms with van der Waals surface area (Å²) >= 11 is 0. The molecule has 0 spiro atoms. The Morgan fingerprint density at radius 2 is 1.82 bits per heavy atom. The van der Waals surface area contributed by atoms with E-state index in [9.17, 15) is 13.6 Å². The SMILES string of the molecule is O=C(Nc1cccc(-c2nc3ccccc3[nH]2)c1)c1cccc(OC(F)F)c1. The molecule has 0 unspecified atom stereocenters. The molecule has 3 aromatic carbocycles. The maximum absolute atomic E-state index is 12.5. The van der Waals surface area contributed by atoms with E-state index < -0.39 is 12.5 Å². The number of hydrogen-bond acceptors (Lipinski definition) is 3. The number of fused-ring (bicyclic) bond motifs is 1. The van der Waals surface area contributed by atoms with Crippen molar-refractivity contribution in [2.24, 2.45) is 0 Å². The van der Waals surface area contributed by atoms with Crippen LogP contribution in [0.3, 0.4) is 0 Å². The van der Waals surface area contributed by atoms with Crippen molar-refractivity contribution >= 4 is 22.6 Å². The number of ether oxygens (including phenoxy) is 1. The molecule has 0 aliphatic heterocycles. The third-order valence-electron chi connectivity index (χ3n) is 4.10. The Hall–Kier alpha value is -3.74. The van der Waals surface area contributed by atoms with E-state index in [4.69, 9.17) is 0 Å². The summed E-state index contributed by atoms with van der Waals surface area (Å²) in [5.41, 5.74) is 3.35. The first-order valence-corrected chi connectivity index (χ1v) is 8.50. The molecule has 4 rings (SSSR count). The fraction of sp³-hybridized carbons (Fsp3) is 0.0476. The number of amides is 1. The predicted molar refractivity (Wildman–Crippen MR) is 103 cm³/mol. The van der Waals surface area contributed by atoms with Crippen LogP contribution >= 0.6 is 0 Å². The van der Waals surface area contributed by atoms with Gasteiger partial charge in [-0.05, 0) is 42.5 Å². The molecule has 5 nitrogen and oxygen atoms in total. The molecule has 2 N–H and O–H groups in total. The summed E-state index contributed by atoms with van der Waals surface area (Å²) in [7, 11) is 0. The highest BCUT2D eigenvalue weighted by molar-refractivity contribution is 6.04. The molecule has 0 saturated heterocycles. The number of nitrogens with zero attached hydrogens (tertiary/aromatic N) is 1. The van der Waals surface area contributed by atoms with Gasteiger partial charge in [-0.3, -0.25) is 4.79 Å². The van der Waals surface area contributed by atoms with E-state index in [2.05, 4.69) is 20.0 Å². The summed E-state index contributed by atoms with van der Waals surface area (Å²) in [5, 5.41) is 2.76. The normalized spacial score (nSPS) is 11.0. The fourth-order valence-electron chi connectivity index (χ4n) is 2.85. The van der Waals surface area contributed by atoms with Crippen LogP contribution in [0.4, 0.5) is 14.5 Å². The number of halogens is 2. The van der Waals surface area contributed by atoms with E-state index >= 15 is 0 Å². The number of alkyl halides is 2. The minimum absolute atomic E-state index is 0.0707. The molecule has 4 aromatic rings. The molecular weight excluding hydrogens is 364 g/mol. The average Bonchev–Trinajstić information content (AvgIpc) is 3.12. The minimum atomic E-state index is -2.95. The summed E-state index contributed by atoms with van der Waals surface area (Å²) in [6.45, 7) is -2.95. The van der Waals surface area contributed by atoms with Crippen LogP contribution < -0.4 is 10.1 Å². The predicted octanol–water partition coefficient (Wildman–Crippen LogP) is 5.08. The lowest BCUT2D eigenvalue weighted by molar-refractivity contribution is -0.0498. The van der Waals surface area contributed by atoms with Crippen molar-refractivity contribution in [1.29, 1.82) is 0 Å². The van der Waals surface area contributed by atoms with Gasteiger partial charge in [0.2, 0.25) is 0 Å². The maximum atomic E-state index is 12.5. The Morgan fingerprint density at radius 3 is 2.64 bits per heavy atom. The molecule has 0 radical (unpaired) electrons. The van der Waals surface area contributed by atoms with Crippen LogP contribution in [0.2, 0.25) is 0 Å². The van der Waals surface area contributed by atoms with Crippen molar-refractivity contribution in [3.05, 3.63) is 78.4 Å². The monoisotopic (exact) mass is 379 g/mol. The van der Waals surface area contributed by atoms with Gasteiger partial charge in [-0.1, -0.05) is 30.3 Å². The highest BCUT2D eigenvalue weighted by Gasteiger charge is 2.11. The maximum Gasteiger partial charge on any atom is 0.387 e. The second-order valence-electron chi connectivity index (χ2n) is 6.04. The summed E-state index contributed by atoms with van der Waals surface area (Å²) in [4.78, 5) is 20.2. The van der Waals surface area contributed by atoms with Crippen LogP contribution in [0, 0.1) is 0 Å². The highest BCUT2D eigenvalue weighted by Crippen LogP contribution is 2.24. The molecule has 0 aliphatic carbocycles. The molecule has 1 aromatic heterocycles. The first-order chi connectivity index (χ1) is 13.6. The van der Waals surface area contributed by atoms with Gasteiger partial charge < -0.3 is 15.0 Å². The molecule has 7 heteroatoms. The van der Waals surface area contributed by atoms with E-state index in [0.29, 0.717) is 11.5 Å². The van der Waals surface area contributed by atoms with Crippen molar-refractivity contribution in [3.63, 3.8) is 0 Å². The number of para-hydroxylation sites is 2. The average molecular weight is 379 g/mol. The first-order valence-electron chi connectivity index (χ1n) is 8.50. The number of aromatic nitrogens is 2. The molecule has 140 valence electrons. The van der Waals surface area contributed by atoms with Crippen molar-refractivity contribution < 1.29 is 18.3 Å². The number of carbonyl (C=O) groups is 1.